The van der Waals surface area contributed by atoms with Gasteiger partial charge in [-0.1, -0.05) is 43.2 Å². The van der Waals surface area contributed by atoms with Gasteiger partial charge in [0.15, 0.2) is 0 Å². The molecule has 1 amide bonds. The van der Waals surface area contributed by atoms with E-state index in [0.29, 0.717) is 11.8 Å². The molecule has 0 aliphatic heterocycles. The highest BCUT2D eigenvalue weighted by atomic mass is 32.1. The molecule has 0 saturated heterocycles. The maximum absolute atomic E-state index is 12.2. The van der Waals surface area contributed by atoms with Gasteiger partial charge in [-0.15, -0.1) is 16.4 Å². The zero-order valence-corrected chi connectivity index (χ0v) is 15.5. The Bertz CT molecular complexity index is 881. The molecule has 130 valence electrons. The summed E-state index contributed by atoms with van der Waals surface area (Å²) in [5, 5.41) is 11.5. The standard InChI is InChI=1S/C18H20N4O2S/c1-10(2)14-7-5-13(6-8-14)9-15(23)20-18-22-21-17(24-18)16-11(3)19-12(4)25-16/h5-8,10H,9H2,1-4H3,(H,20,22,23). The second kappa shape index (κ2) is 7.14. The lowest BCUT2D eigenvalue weighted by molar-refractivity contribution is -0.115. The number of hydrogen-bond acceptors (Lipinski definition) is 6. The molecule has 0 spiro atoms. The van der Waals surface area contributed by atoms with Gasteiger partial charge in [0.05, 0.1) is 17.1 Å². The molecule has 6 nitrogen and oxygen atoms in total. The van der Waals surface area contributed by atoms with E-state index in [-0.39, 0.29) is 18.3 Å². The number of hydrogen-bond donors (Lipinski definition) is 1. The molecule has 0 aliphatic rings. The number of benzene rings is 1. The molecule has 0 aliphatic carbocycles. The predicted molar refractivity (Wildman–Crippen MR) is 97.7 cm³/mol. The molecule has 2 aromatic heterocycles. The van der Waals surface area contributed by atoms with Gasteiger partial charge in [0, 0.05) is 0 Å². The van der Waals surface area contributed by atoms with Crippen molar-refractivity contribution in [2.24, 2.45) is 0 Å². The number of aromatic nitrogens is 3. The fourth-order valence-electron chi connectivity index (χ4n) is 2.46. The van der Waals surface area contributed by atoms with Crippen molar-refractivity contribution in [1.82, 2.24) is 15.2 Å². The van der Waals surface area contributed by atoms with Gasteiger partial charge in [0.25, 0.3) is 5.89 Å². The van der Waals surface area contributed by atoms with Crippen LogP contribution < -0.4 is 5.32 Å². The average molecular weight is 356 g/mol. The summed E-state index contributed by atoms with van der Waals surface area (Å²) >= 11 is 1.49. The summed E-state index contributed by atoms with van der Waals surface area (Å²) in [6, 6.07) is 8.14. The van der Waals surface area contributed by atoms with Crippen molar-refractivity contribution in [2.45, 2.75) is 40.0 Å². The summed E-state index contributed by atoms with van der Waals surface area (Å²) in [7, 11) is 0. The Labute approximate surface area is 150 Å². The van der Waals surface area contributed by atoms with Crippen LogP contribution in [0.1, 0.15) is 41.6 Å². The molecule has 25 heavy (non-hydrogen) atoms. The van der Waals surface area contributed by atoms with Crippen molar-refractivity contribution < 1.29 is 9.21 Å². The van der Waals surface area contributed by atoms with E-state index in [0.717, 1.165) is 21.1 Å². The van der Waals surface area contributed by atoms with E-state index in [1.54, 1.807) is 0 Å². The topological polar surface area (TPSA) is 80.9 Å². The van der Waals surface area contributed by atoms with Crippen LogP contribution >= 0.6 is 11.3 Å². The highest BCUT2D eigenvalue weighted by Gasteiger charge is 2.16. The number of nitrogens with one attached hydrogen (secondary N) is 1. The van der Waals surface area contributed by atoms with Crippen LogP contribution in [0.5, 0.6) is 0 Å². The average Bonchev–Trinajstić information content (AvgIpc) is 3.13. The van der Waals surface area contributed by atoms with Crippen LogP contribution in [-0.2, 0) is 11.2 Å². The van der Waals surface area contributed by atoms with Gasteiger partial charge < -0.3 is 4.42 Å². The third-order valence-electron chi connectivity index (χ3n) is 3.78. The molecule has 3 aromatic rings. The Morgan fingerprint density at radius 1 is 1.20 bits per heavy atom. The first-order chi connectivity index (χ1) is 11.9. The smallest absolute Gasteiger partial charge is 0.322 e. The van der Waals surface area contributed by atoms with Crippen LogP contribution in [0.25, 0.3) is 10.8 Å². The summed E-state index contributed by atoms with van der Waals surface area (Å²) in [6.45, 7) is 8.09. The molecular formula is C18H20N4O2S. The van der Waals surface area contributed by atoms with E-state index in [1.165, 1.54) is 16.9 Å². The van der Waals surface area contributed by atoms with Gasteiger partial charge in [-0.25, -0.2) is 4.98 Å². The number of anilines is 1. The molecule has 0 unspecified atom stereocenters. The molecule has 0 fully saturated rings. The first kappa shape index (κ1) is 17.3. The van der Waals surface area contributed by atoms with Gasteiger partial charge >= 0.3 is 6.01 Å². The Morgan fingerprint density at radius 2 is 1.92 bits per heavy atom. The number of amides is 1. The number of rotatable bonds is 5. The molecule has 7 heteroatoms. The molecule has 0 atom stereocenters. The van der Waals surface area contributed by atoms with Gasteiger partial charge in [-0.3, -0.25) is 10.1 Å². The zero-order chi connectivity index (χ0) is 18.0. The van der Waals surface area contributed by atoms with Gasteiger partial charge in [0.2, 0.25) is 5.91 Å². The summed E-state index contributed by atoms with van der Waals surface area (Å²) in [5.74, 6) is 0.655. The molecule has 0 bridgehead atoms. The number of carbonyl (C=O) groups is 1. The third-order valence-corrected chi connectivity index (χ3v) is 4.84. The Kier molecular flexibility index (Phi) is 4.94. The van der Waals surface area contributed by atoms with E-state index in [9.17, 15) is 4.79 Å². The normalized spacial score (nSPS) is 11.1. The number of carbonyl (C=O) groups excluding carboxylic acids is 1. The van der Waals surface area contributed by atoms with E-state index < -0.39 is 0 Å². The molecule has 0 radical (unpaired) electrons. The van der Waals surface area contributed by atoms with Crippen molar-refractivity contribution in [3.8, 4) is 10.8 Å². The van der Waals surface area contributed by atoms with Crippen molar-refractivity contribution >= 4 is 23.3 Å². The van der Waals surface area contributed by atoms with Crippen LogP contribution in [0.15, 0.2) is 28.7 Å². The maximum Gasteiger partial charge on any atom is 0.322 e. The monoisotopic (exact) mass is 356 g/mol. The van der Waals surface area contributed by atoms with E-state index in [1.807, 2.05) is 38.1 Å². The number of aryl methyl sites for hydroxylation is 2. The highest BCUT2D eigenvalue weighted by Crippen LogP contribution is 2.29. The number of thiazole rings is 1. The fourth-order valence-corrected chi connectivity index (χ4v) is 3.31. The van der Waals surface area contributed by atoms with Gasteiger partial charge in [-0.05, 0) is 30.9 Å². The molecule has 3 rings (SSSR count). The summed E-state index contributed by atoms with van der Waals surface area (Å²) in [5.41, 5.74) is 3.03. The van der Waals surface area contributed by atoms with E-state index in [2.05, 4.69) is 34.3 Å². The zero-order valence-electron chi connectivity index (χ0n) is 14.7. The lowest BCUT2D eigenvalue weighted by Crippen LogP contribution is -2.14. The minimum Gasteiger partial charge on any atom is -0.402 e. The molecule has 0 saturated carbocycles. The second-order valence-corrected chi connectivity index (χ2v) is 7.38. The van der Waals surface area contributed by atoms with Crippen molar-refractivity contribution in [3.05, 3.63) is 46.1 Å². The van der Waals surface area contributed by atoms with Crippen LogP contribution in [0, 0.1) is 13.8 Å². The number of nitrogens with zero attached hydrogens (tertiary/aromatic N) is 3. The van der Waals surface area contributed by atoms with Crippen LogP contribution in [0.3, 0.4) is 0 Å². The van der Waals surface area contributed by atoms with Crippen LogP contribution in [0.4, 0.5) is 6.01 Å². The molecular weight excluding hydrogens is 336 g/mol. The predicted octanol–water partition coefficient (Wildman–Crippen LogP) is 4.11. The lowest BCUT2D eigenvalue weighted by Gasteiger charge is -2.06. The first-order valence-corrected chi connectivity index (χ1v) is 8.90. The van der Waals surface area contributed by atoms with Crippen molar-refractivity contribution in [2.75, 3.05) is 5.32 Å². The van der Waals surface area contributed by atoms with Crippen molar-refractivity contribution in [3.63, 3.8) is 0 Å². The van der Waals surface area contributed by atoms with Crippen LogP contribution in [0.2, 0.25) is 0 Å². The molecule has 1 N–H and O–H groups in total. The Hall–Kier alpha value is -2.54. The summed E-state index contributed by atoms with van der Waals surface area (Å²) in [4.78, 5) is 17.3. The second-order valence-electron chi connectivity index (χ2n) is 6.18. The van der Waals surface area contributed by atoms with Gasteiger partial charge in [0.1, 0.15) is 4.88 Å². The first-order valence-electron chi connectivity index (χ1n) is 8.09. The SMILES string of the molecule is Cc1nc(C)c(-c2nnc(NC(=O)Cc3ccc(C(C)C)cc3)o2)s1. The third kappa shape index (κ3) is 4.11. The molecule has 1 aromatic carbocycles. The Balaban J connectivity index is 1.64. The fraction of sp³-hybridized carbons (Fsp3) is 0.333. The minimum absolute atomic E-state index is 0.101. The van der Waals surface area contributed by atoms with E-state index >= 15 is 0 Å². The summed E-state index contributed by atoms with van der Waals surface area (Å²) < 4.78 is 5.54. The molecule has 2 heterocycles. The largest absolute Gasteiger partial charge is 0.402 e. The Morgan fingerprint density at radius 3 is 2.52 bits per heavy atom. The maximum atomic E-state index is 12.2. The quantitative estimate of drug-likeness (QED) is 0.744. The summed E-state index contributed by atoms with van der Waals surface area (Å²) in [6.07, 6.45) is 0.259. The minimum atomic E-state index is -0.190. The van der Waals surface area contributed by atoms with Crippen molar-refractivity contribution in [1.29, 1.82) is 0 Å². The highest BCUT2D eigenvalue weighted by molar-refractivity contribution is 7.15. The lowest BCUT2D eigenvalue weighted by atomic mass is 10.0. The van der Waals surface area contributed by atoms with Crippen LogP contribution in [-0.4, -0.2) is 21.1 Å². The van der Waals surface area contributed by atoms with E-state index in [4.69, 9.17) is 4.42 Å². The van der Waals surface area contributed by atoms with Gasteiger partial charge in [-0.2, -0.15) is 0 Å².